The van der Waals surface area contributed by atoms with E-state index in [1.807, 2.05) is 110 Å². The van der Waals surface area contributed by atoms with Gasteiger partial charge in [-0.1, -0.05) is 120 Å². The second kappa shape index (κ2) is 31.3. The molecule has 0 aromatic heterocycles. The van der Waals surface area contributed by atoms with E-state index in [-0.39, 0.29) is 85.5 Å². The first-order valence-electron chi connectivity index (χ1n) is 21.8. The third-order valence-corrected chi connectivity index (χ3v) is 9.38. The summed E-state index contributed by atoms with van der Waals surface area (Å²) in [6.07, 6.45) is 65.5. The second-order valence-electron chi connectivity index (χ2n) is 15.1. The quantitative estimate of drug-likeness (QED) is 0.253. The minimum atomic E-state index is 0. The van der Waals surface area contributed by atoms with E-state index in [0.717, 1.165) is 0 Å². The molecule has 12 heterocycles. The van der Waals surface area contributed by atoms with Gasteiger partial charge in [-0.15, -0.1) is 40.0 Å². The third kappa shape index (κ3) is 16.0. The molecule has 0 saturated carbocycles. The zero-order valence-corrected chi connectivity index (χ0v) is 45.0. The van der Waals surface area contributed by atoms with Gasteiger partial charge in [-0.05, 0) is 110 Å². The maximum absolute atomic E-state index is 2.12. The number of allylic oxidation sites excluding steroid dienone is 18. The summed E-state index contributed by atoms with van der Waals surface area (Å²) >= 11 is 0. The van der Waals surface area contributed by atoms with Gasteiger partial charge in [0.1, 0.15) is 0 Å². The smallest absolute Gasteiger partial charge is 0.478 e. The maximum Gasteiger partial charge on any atom is 2.00 e. The molecule has 0 fully saturated rings. The fourth-order valence-corrected chi connectivity index (χ4v) is 6.64. The van der Waals surface area contributed by atoms with Crippen molar-refractivity contribution in [2.75, 3.05) is 0 Å². The molecule has 0 saturated heterocycles. The number of nitrogens with zero attached hydrogens (tertiary/aromatic N) is 12. The number of rotatable bonds is 3. The van der Waals surface area contributed by atoms with Crippen LogP contribution in [-0.4, -0.2) is 59.5 Å². The molecule has 378 valence electrons. The van der Waals surface area contributed by atoms with Gasteiger partial charge in [0.05, 0.1) is 0 Å². The molecule has 12 aliphatic heterocycles. The Labute approximate surface area is 460 Å². The van der Waals surface area contributed by atoms with Crippen molar-refractivity contribution in [3.05, 3.63) is 258 Å². The van der Waals surface area contributed by atoms with Crippen molar-refractivity contribution in [1.82, 2.24) is 59.5 Å². The number of hydrogen-bond donors (Lipinski definition) is 0. The normalized spacial score (nSPS) is 19.2. The van der Waals surface area contributed by atoms with E-state index in [0.29, 0.717) is 0 Å². The van der Waals surface area contributed by atoms with E-state index in [2.05, 4.69) is 215 Å². The molecule has 12 rings (SSSR count). The first kappa shape index (κ1) is 62.0. The van der Waals surface area contributed by atoms with Crippen LogP contribution >= 0.6 is 0 Å². The van der Waals surface area contributed by atoms with Crippen LogP contribution in [0.3, 0.4) is 0 Å². The maximum atomic E-state index is 2.12. The minimum absolute atomic E-state index is 0. The summed E-state index contributed by atoms with van der Waals surface area (Å²) in [5, 5.41) is 12.3. The Hall–Kier alpha value is -5.02. The van der Waals surface area contributed by atoms with Crippen molar-refractivity contribution < 1.29 is 63.2 Å². The van der Waals surface area contributed by atoms with Crippen LogP contribution in [0, 0.1) is 40.0 Å². The molecule has 15 heteroatoms. The van der Waals surface area contributed by atoms with Gasteiger partial charge < -0.3 is 59.5 Å². The molecule has 12 nitrogen and oxygen atoms in total. The van der Waals surface area contributed by atoms with Crippen LogP contribution in [0.2, 0.25) is 0 Å². The summed E-state index contributed by atoms with van der Waals surface area (Å²) < 4.78 is 0. The summed E-state index contributed by atoms with van der Waals surface area (Å²) in [6, 6.07) is 0. The molecule has 69 heavy (non-hydrogen) atoms. The number of hydrazine groups is 3. The molecule has 0 atom stereocenters. The van der Waals surface area contributed by atoms with Crippen LogP contribution in [0.15, 0.2) is 218 Å². The topological polar surface area (TPSA) is 38.9 Å². The largest absolute Gasteiger partial charge is 2.00 e. The molecule has 0 amide bonds. The van der Waals surface area contributed by atoms with Crippen LogP contribution in [0.1, 0.15) is 83.1 Å². The minimum Gasteiger partial charge on any atom is -0.478 e. The molecule has 0 aromatic rings. The van der Waals surface area contributed by atoms with Gasteiger partial charge >= 0.3 is 63.2 Å². The predicted octanol–water partition coefficient (Wildman–Crippen LogP) is 12.8. The van der Waals surface area contributed by atoms with Crippen molar-refractivity contribution in [2.24, 2.45) is 0 Å². The summed E-state index contributed by atoms with van der Waals surface area (Å²) in [5.74, 6) is 0. The SMILES string of the molecule is C.C.C.C1=CC2=CN(N3C=C4C=CC=CN4[CH-]3)[CH-]N2C=C1.C1=CC2=CN(N3C=C4C=CC=CN4[CH-]3)[CH-]N2C=C1.C1=CC2=CN(N3C=C4C=CC=CN4[CH-]3)[CH-]N2C=C1.CCC.CCC.CCC.[Pt+2].[Pt+2].[Pt+2]. The van der Waals surface area contributed by atoms with Crippen LogP contribution in [0.25, 0.3) is 0 Å². The molecule has 0 radical (unpaired) electrons. The number of fused-ring (bicyclic) bond motifs is 6. The van der Waals surface area contributed by atoms with Crippen LogP contribution in [0.5, 0.6) is 0 Å². The monoisotopic (exact) mass is 1470 g/mol. The Balaban J connectivity index is 0.000000458. The molecule has 0 N–H and O–H groups in total. The Kier molecular flexibility index (Phi) is 28.1. The Morgan fingerprint density at radius 1 is 0.261 bits per heavy atom. The molecule has 0 spiro atoms. The van der Waals surface area contributed by atoms with Crippen molar-refractivity contribution in [1.29, 1.82) is 0 Å². The summed E-state index contributed by atoms with van der Waals surface area (Å²) in [7, 11) is 0. The van der Waals surface area contributed by atoms with Crippen molar-refractivity contribution in [3.8, 4) is 0 Å². The van der Waals surface area contributed by atoms with Gasteiger partial charge in [-0.2, -0.15) is 0 Å². The van der Waals surface area contributed by atoms with Crippen LogP contribution in [-0.2, 0) is 63.2 Å². The molecular formula is C54H72N12Pt3. The van der Waals surface area contributed by atoms with E-state index in [9.17, 15) is 0 Å². The van der Waals surface area contributed by atoms with Crippen LogP contribution < -0.4 is 0 Å². The van der Waals surface area contributed by atoms with Crippen molar-refractivity contribution in [3.63, 3.8) is 0 Å². The molecular weight excluding hydrogens is 1400 g/mol. The average Bonchev–Trinajstić information content (AvgIpc) is 4.17. The van der Waals surface area contributed by atoms with Crippen molar-refractivity contribution >= 4 is 0 Å². The Morgan fingerprint density at radius 3 is 0.507 bits per heavy atom. The molecule has 12 aliphatic rings. The van der Waals surface area contributed by atoms with Crippen molar-refractivity contribution in [2.45, 2.75) is 83.1 Å². The zero-order valence-electron chi connectivity index (χ0n) is 38.2. The predicted molar refractivity (Wildman–Crippen MR) is 274 cm³/mol. The van der Waals surface area contributed by atoms with Gasteiger partial charge in [-0.25, -0.2) is 0 Å². The van der Waals surface area contributed by atoms with Gasteiger partial charge in [0.25, 0.3) is 0 Å². The molecule has 0 aromatic carbocycles. The summed E-state index contributed by atoms with van der Waals surface area (Å²) in [5.41, 5.74) is 7.00. The Bertz CT molecular complexity index is 1810. The average molecular weight is 1470 g/mol. The van der Waals surface area contributed by atoms with Gasteiger partial charge in [0, 0.05) is 71.4 Å². The fraction of sp³-hybridized carbons (Fsp3) is 0.222. The first-order chi connectivity index (χ1) is 30.9. The van der Waals surface area contributed by atoms with Gasteiger partial charge in [0.2, 0.25) is 0 Å². The van der Waals surface area contributed by atoms with Gasteiger partial charge in [0.15, 0.2) is 0 Å². The second-order valence-corrected chi connectivity index (χ2v) is 15.1. The number of hydrogen-bond acceptors (Lipinski definition) is 12. The zero-order chi connectivity index (χ0) is 44.0. The van der Waals surface area contributed by atoms with Crippen LogP contribution in [0.4, 0.5) is 0 Å². The standard InChI is InChI=1S/3C14H12N4.3C3H8.3CH4.3Pt/c3*1-3-7-15-11-17(9-13(15)5-1)18-10-14-6-2-4-8-16(14)12-18;3*1-3-2;;;;;;/h3*1-12H;3*3H2,1-2H3;3*1H4;;;/q3*-2;;;;;;;3*+2. The first-order valence-corrected chi connectivity index (χ1v) is 21.8. The molecule has 0 aliphatic carbocycles. The summed E-state index contributed by atoms with van der Waals surface area (Å²) in [4.78, 5) is 12.6. The third-order valence-electron chi connectivity index (χ3n) is 9.38. The Morgan fingerprint density at radius 2 is 0.391 bits per heavy atom. The van der Waals surface area contributed by atoms with E-state index in [4.69, 9.17) is 0 Å². The fourth-order valence-electron chi connectivity index (χ4n) is 6.64. The molecule has 0 unspecified atom stereocenters. The van der Waals surface area contributed by atoms with E-state index >= 15 is 0 Å². The van der Waals surface area contributed by atoms with Gasteiger partial charge in [-0.3, -0.25) is 0 Å². The van der Waals surface area contributed by atoms with E-state index in [1.165, 1.54) is 53.4 Å². The molecule has 0 bridgehead atoms. The van der Waals surface area contributed by atoms with E-state index in [1.54, 1.807) is 0 Å². The summed E-state index contributed by atoms with van der Waals surface area (Å²) in [6.45, 7) is 25.1. The van der Waals surface area contributed by atoms with E-state index < -0.39 is 0 Å².